The van der Waals surface area contributed by atoms with Gasteiger partial charge in [-0.3, -0.25) is 0 Å². The molecule has 2 aromatic rings. The lowest BCUT2D eigenvalue weighted by atomic mass is 10.1. The SMILES string of the molecule is Clc1nc(NC2CCOCC2)nc(-n2cccn2)n1. The number of halogens is 1. The van der Waals surface area contributed by atoms with Crippen LogP contribution in [0.15, 0.2) is 18.5 Å². The van der Waals surface area contributed by atoms with E-state index >= 15 is 0 Å². The second-order valence-corrected chi connectivity index (χ2v) is 4.55. The Bertz CT molecular complexity index is 540. The standard InChI is InChI=1S/C11H13ClN6O/c12-9-15-10(14-8-2-6-19-7-3-8)17-11(16-9)18-5-1-4-13-18/h1,4-5,8H,2-3,6-7H2,(H,14,15,16,17). The van der Waals surface area contributed by atoms with E-state index in [2.05, 4.69) is 25.4 Å². The number of hydrogen-bond acceptors (Lipinski definition) is 6. The van der Waals surface area contributed by atoms with E-state index < -0.39 is 0 Å². The zero-order valence-corrected chi connectivity index (χ0v) is 10.9. The van der Waals surface area contributed by atoms with Crippen molar-refractivity contribution in [3.63, 3.8) is 0 Å². The van der Waals surface area contributed by atoms with Crippen LogP contribution in [-0.2, 0) is 4.74 Å². The maximum Gasteiger partial charge on any atom is 0.256 e. The normalized spacial score (nSPS) is 16.5. The third-order valence-electron chi connectivity index (χ3n) is 2.86. The third-order valence-corrected chi connectivity index (χ3v) is 3.03. The fourth-order valence-electron chi connectivity index (χ4n) is 1.92. The van der Waals surface area contributed by atoms with Gasteiger partial charge >= 0.3 is 0 Å². The van der Waals surface area contributed by atoms with Crippen molar-refractivity contribution in [2.45, 2.75) is 18.9 Å². The molecule has 1 saturated heterocycles. The summed E-state index contributed by atoms with van der Waals surface area (Å²) in [4.78, 5) is 12.4. The smallest absolute Gasteiger partial charge is 0.256 e. The number of anilines is 1. The van der Waals surface area contributed by atoms with Crippen LogP contribution < -0.4 is 5.32 Å². The maximum absolute atomic E-state index is 5.92. The van der Waals surface area contributed by atoms with Crippen molar-refractivity contribution in [2.24, 2.45) is 0 Å². The van der Waals surface area contributed by atoms with Crippen molar-refractivity contribution in [3.8, 4) is 5.95 Å². The molecule has 0 spiro atoms. The van der Waals surface area contributed by atoms with E-state index in [0.29, 0.717) is 17.9 Å². The molecule has 2 aromatic heterocycles. The molecule has 19 heavy (non-hydrogen) atoms. The molecule has 3 rings (SSSR count). The Morgan fingerprint density at radius 1 is 1.26 bits per heavy atom. The lowest BCUT2D eigenvalue weighted by molar-refractivity contribution is 0.0903. The van der Waals surface area contributed by atoms with E-state index in [1.54, 1.807) is 23.1 Å². The van der Waals surface area contributed by atoms with Crippen molar-refractivity contribution in [1.82, 2.24) is 24.7 Å². The van der Waals surface area contributed by atoms with Crippen LogP contribution in [0.5, 0.6) is 0 Å². The molecule has 0 aliphatic carbocycles. The van der Waals surface area contributed by atoms with Crippen LogP contribution in [-0.4, -0.2) is 44.0 Å². The van der Waals surface area contributed by atoms with Gasteiger partial charge in [-0.25, -0.2) is 4.68 Å². The summed E-state index contributed by atoms with van der Waals surface area (Å²) in [6, 6.07) is 2.10. The minimum absolute atomic E-state index is 0.148. The topological polar surface area (TPSA) is 77.8 Å². The molecule has 1 N–H and O–H groups in total. The van der Waals surface area contributed by atoms with E-state index in [0.717, 1.165) is 26.1 Å². The monoisotopic (exact) mass is 280 g/mol. The minimum Gasteiger partial charge on any atom is -0.381 e. The first-order chi connectivity index (χ1) is 9.31. The van der Waals surface area contributed by atoms with Gasteiger partial charge in [0.2, 0.25) is 11.2 Å². The molecule has 0 amide bonds. The van der Waals surface area contributed by atoms with E-state index in [-0.39, 0.29) is 5.28 Å². The molecule has 1 aliphatic heterocycles. The van der Waals surface area contributed by atoms with Crippen LogP contribution in [0.1, 0.15) is 12.8 Å². The van der Waals surface area contributed by atoms with Crippen LogP contribution in [0.3, 0.4) is 0 Å². The molecule has 0 atom stereocenters. The number of hydrogen-bond donors (Lipinski definition) is 1. The molecule has 0 radical (unpaired) electrons. The van der Waals surface area contributed by atoms with Gasteiger partial charge < -0.3 is 10.1 Å². The van der Waals surface area contributed by atoms with Gasteiger partial charge in [-0.1, -0.05) is 0 Å². The van der Waals surface area contributed by atoms with Crippen LogP contribution in [0.2, 0.25) is 5.28 Å². The lowest BCUT2D eigenvalue weighted by Gasteiger charge is -2.23. The van der Waals surface area contributed by atoms with Crippen molar-refractivity contribution in [1.29, 1.82) is 0 Å². The predicted octanol–water partition coefficient (Wildman–Crippen LogP) is 1.30. The predicted molar refractivity (Wildman–Crippen MR) is 69.4 cm³/mol. The highest BCUT2D eigenvalue weighted by atomic mass is 35.5. The number of nitrogens with zero attached hydrogens (tertiary/aromatic N) is 5. The van der Waals surface area contributed by atoms with Gasteiger partial charge in [0, 0.05) is 31.6 Å². The Morgan fingerprint density at radius 2 is 2.11 bits per heavy atom. The Hall–Kier alpha value is -1.73. The third kappa shape index (κ3) is 2.99. The molecule has 1 fully saturated rings. The first-order valence-electron chi connectivity index (χ1n) is 6.07. The highest BCUT2D eigenvalue weighted by Gasteiger charge is 2.16. The Kier molecular flexibility index (Phi) is 3.56. The van der Waals surface area contributed by atoms with Gasteiger partial charge in [0.15, 0.2) is 0 Å². The average Bonchev–Trinajstić information content (AvgIpc) is 2.93. The summed E-state index contributed by atoms with van der Waals surface area (Å²) in [5.41, 5.74) is 0. The zero-order valence-electron chi connectivity index (χ0n) is 10.2. The molecule has 100 valence electrons. The largest absolute Gasteiger partial charge is 0.381 e. The van der Waals surface area contributed by atoms with Crippen molar-refractivity contribution >= 4 is 17.5 Å². The van der Waals surface area contributed by atoms with Gasteiger partial charge in [0.25, 0.3) is 5.95 Å². The maximum atomic E-state index is 5.92. The highest BCUT2D eigenvalue weighted by molar-refractivity contribution is 6.28. The second kappa shape index (κ2) is 5.50. The molecule has 0 bridgehead atoms. The summed E-state index contributed by atoms with van der Waals surface area (Å²) >= 11 is 5.92. The van der Waals surface area contributed by atoms with E-state index in [4.69, 9.17) is 16.3 Å². The fourth-order valence-corrected chi connectivity index (χ4v) is 2.07. The van der Waals surface area contributed by atoms with Gasteiger partial charge in [-0.15, -0.1) is 0 Å². The first-order valence-corrected chi connectivity index (χ1v) is 6.45. The molecular weight excluding hydrogens is 268 g/mol. The van der Waals surface area contributed by atoms with E-state index in [1.165, 1.54) is 0 Å². The molecular formula is C11H13ClN6O. The van der Waals surface area contributed by atoms with Crippen molar-refractivity contribution in [3.05, 3.63) is 23.7 Å². The minimum atomic E-state index is 0.148. The van der Waals surface area contributed by atoms with Gasteiger partial charge in [0.1, 0.15) is 0 Å². The zero-order chi connectivity index (χ0) is 13.1. The summed E-state index contributed by atoms with van der Waals surface area (Å²) in [5.74, 6) is 0.872. The van der Waals surface area contributed by atoms with Gasteiger partial charge in [-0.05, 0) is 30.5 Å². The summed E-state index contributed by atoms with van der Waals surface area (Å²) in [6.45, 7) is 1.50. The second-order valence-electron chi connectivity index (χ2n) is 4.21. The summed E-state index contributed by atoms with van der Waals surface area (Å²) in [6.07, 6.45) is 5.27. The van der Waals surface area contributed by atoms with Crippen LogP contribution >= 0.6 is 11.6 Å². The molecule has 1 aliphatic rings. The fraction of sp³-hybridized carbons (Fsp3) is 0.455. The average molecular weight is 281 g/mol. The summed E-state index contributed by atoms with van der Waals surface area (Å²) in [5, 5.41) is 7.48. The first kappa shape index (κ1) is 12.3. The number of ether oxygens (including phenoxy) is 1. The number of rotatable bonds is 3. The molecule has 7 nitrogen and oxygen atoms in total. The van der Waals surface area contributed by atoms with E-state index in [1.807, 2.05) is 0 Å². The number of aromatic nitrogens is 5. The molecule has 0 unspecified atom stereocenters. The summed E-state index contributed by atoms with van der Waals surface area (Å²) < 4.78 is 6.85. The van der Waals surface area contributed by atoms with Crippen molar-refractivity contribution < 1.29 is 4.74 Å². The molecule has 3 heterocycles. The van der Waals surface area contributed by atoms with E-state index in [9.17, 15) is 0 Å². The van der Waals surface area contributed by atoms with Gasteiger partial charge in [-0.2, -0.15) is 20.1 Å². The number of nitrogens with one attached hydrogen (secondary N) is 1. The summed E-state index contributed by atoms with van der Waals surface area (Å²) in [7, 11) is 0. The molecule has 8 heteroatoms. The Morgan fingerprint density at radius 3 is 2.84 bits per heavy atom. The van der Waals surface area contributed by atoms with Crippen LogP contribution in [0.25, 0.3) is 5.95 Å². The van der Waals surface area contributed by atoms with Crippen LogP contribution in [0, 0.1) is 0 Å². The lowest BCUT2D eigenvalue weighted by Crippen LogP contribution is -2.29. The molecule has 0 aromatic carbocycles. The Balaban J connectivity index is 1.81. The quantitative estimate of drug-likeness (QED) is 0.913. The van der Waals surface area contributed by atoms with Crippen LogP contribution in [0.4, 0.5) is 5.95 Å². The molecule has 0 saturated carbocycles. The van der Waals surface area contributed by atoms with Gasteiger partial charge in [0.05, 0.1) is 0 Å². The van der Waals surface area contributed by atoms with Crippen molar-refractivity contribution in [2.75, 3.05) is 18.5 Å². The Labute approximate surface area is 115 Å². The highest BCUT2D eigenvalue weighted by Crippen LogP contribution is 2.14.